The second kappa shape index (κ2) is 4.25. The first-order valence-corrected chi connectivity index (χ1v) is 5.94. The minimum Gasteiger partial charge on any atom is -0.481 e. The van der Waals surface area contributed by atoms with Crippen molar-refractivity contribution in [3.8, 4) is 0 Å². The summed E-state index contributed by atoms with van der Waals surface area (Å²) in [5.41, 5.74) is 0. The number of benzene rings is 1. The van der Waals surface area contributed by atoms with Crippen LogP contribution in [-0.2, 0) is 4.79 Å². The Hall–Kier alpha value is -2.17. The molecule has 0 spiro atoms. The number of carboxylic acids is 1. The topological polar surface area (TPSA) is 66.3 Å². The molecule has 1 N–H and O–H groups in total. The van der Waals surface area contributed by atoms with Crippen LogP contribution in [0.2, 0.25) is 0 Å². The fourth-order valence-corrected chi connectivity index (χ4v) is 2.40. The third-order valence-electron chi connectivity index (χ3n) is 3.39. The van der Waals surface area contributed by atoms with E-state index in [4.69, 9.17) is 5.11 Å². The Labute approximate surface area is 104 Å². The smallest absolute Gasteiger partial charge is 0.308 e. The zero-order valence-electron chi connectivity index (χ0n) is 9.78. The molecule has 5 heteroatoms. The predicted molar refractivity (Wildman–Crippen MR) is 67.5 cm³/mol. The Bertz CT molecular complexity index is 594. The lowest BCUT2D eigenvalue weighted by molar-refractivity contribution is -0.140. The number of nitrogens with zero attached hydrogens (tertiary/aromatic N) is 3. The van der Waals surface area contributed by atoms with Crippen molar-refractivity contribution in [2.75, 3.05) is 18.0 Å². The molecule has 92 valence electrons. The second-order valence-electron chi connectivity index (χ2n) is 4.53. The average Bonchev–Trinajstić information content (AvgIpc) is 2.87. The van der Waals surface area contributed by atoms with E-state index in [1.165, 1.54) is 0 Å². The summed E-state index contributed by atoms with van der Waals surface area (Å²) in [4.78, 5) is 13.0. The van der Waals surface area contributed by atoms with Crippen LogP contribution in [0, 0.1) is 5.92 Å². The zero-order chi connectivity index (χ0) is 12.5. The van der Waals surface area contributed by atoms with Gasteiger partial charge in [0.15, 0.2) is 5.82 Å². The highest BCUT2D eigenvalue weighted by Crippen LogP contribution is 2.28. The van der Waals surface area contributed by atoms with E-state index in [1.54, 1.807) is 6.20 Å². The molecule has 5 nitrogen and oxygen atoms in total. The molecule has 0 saturated carbocycles. The monoisotopic (exact) mass is 243 g/mol. The number of aliphatic carboxylic acids is 1. The molecule has 1 aliphatic rings. The summed E-state index contributed by atoms with van der Waals surface area (Å²) in [6.45, 7) is 1.23. The Morgan fingerprint density at radius 1 is 1.39 bits per heavy atom. The standard InChI is InChI=1S/C13H13N3O2/c17-13(18)10-5-6-16(8-10)12-11-4-2-1-3-9(11)7-14-15-12/h1-4,7,10H,5-6,8H2,(H,17,18). The molecule has 2 aromatic rings. The third-order valence-corrected chi connectivity index (χ3v) is 3.39. The predicted octanol–water partition coefficient (Wildman–Crippen LogP) is 1.54. The molecule has 1 unspecified atom stereocenters. The number of rotatable bonds is 2. The van der Waals surface area contributed by atoms with E-state index in [-0.39, 0.29) is 5.92 Å². The number of anilines is 1. The molecule has 1 fully saturated rings. The van der Waals surface area contributed by atoms with Crippen LogP contribution in [0.25, 0.3) is 10.8 Å². The quantitative estimate of drug-likeness (QED) is 0.866. The summed E-state index contributed by atoms with van der Waals surface area (Å²) < 4.78 is 0. The van der Waals surface area contributed by atoms with E-state index < -0.39 is 5.97 Å². The maximum Gasteiger partial charge on any atom is 0.308 e. The molecule has 18 heavy (non-hydrogen) atoms. The van der Waals surface area contributed by atoms with Gasteiger partial charge in [0.1, 0.15) is 0 Å². The van der Waals surface area contributed by atoms with Gasteiger partial charge in [0.05, 0.1) is 12.1 Å². The molecular formula is C13H13N3O2. The minimum atomic E-state index is -0.731. The van der Waals surface area contributed by atoms with Gasteiger partial charge in [-0.15, -0.1) is 5.10 Å². The van der Waals surface area contributed by atoms with Crippen molar-refractivity contribution in [1.29, 1.82) is 0 Å². The van der Waals surface area contributed by atoms with E-state index >= 15 is 0 Å². The van der Waals surface area contributed by atoms with Crippen LogP contribution < -0.4 is 4.90 Å². The lowest BCUT2D eigenvalue weighted by atomic mass is 10.1. The van der Waals surface area contributed by atoms with Crippen LogP contribution in [0.4, 0.5) is 5.82 Å². The number of hydrogen-bond donors (Lipinski definition) is 1. The lowest BCUT2D eigenvalue weighted by Crippen LogP contribution is -2.23. The van der Waals surface area contributed by atoms with E-state index in [1.807, 2.05) is 29.2 Å². The van der Waals surface area contributed by atoms with Gasteiger partial charge in [-0.1, -0.05) is 24.3 Å². The molecule has 1 aliphatic heterocycles. The van der Waals surface area contributed by atoms with Crippen LogP contribution in [0.1, 0.15) is 6.42 Å². The average molecular weight is 243 g/mol. The van der Waals surface area contributed by atoms with Gasteiger partial charge in [0.25, 0.3) is 0 Å². The number of aromatic nitrogens is 2. The molecule has 0 bridgehead atoms. The molecular weight excluding hydrogens is 230 g/mol. The fourth-order valence-electron chi connectivity index (χ4n) is 2.40. The van der Waals surface area contributed by atoms with Crippen molar-refractivity contribution in [2.24, 2.45) is 5.92 Å². The van der Waals surface area contributed by atoms with E-state index in [9.17, 15) is 4.79 Å². The maximum absolute atomic E-state index is 11.0. The van der Waals surface area contributed by atoms with Gasteiger partial charge in [-0.25, -0.2) is 0 Å². The highest BCUT2D eigenvalue weighted by Gasteiger charge is 2.29. The van der Waals surface area contributed by atoms with Crippen LogP contribution in [-0.4, -0.2) is 34.4 Å². The summed E-state index contributed by atoms with van der Waals surface area (Å²) in [5.74, 6) is -0.242. The highest BCUT2D eigenvalue weighted by molar-refractivity contribution is 5.91. The van der Waals surface area contributed by atoms with Gasteiger partial charge < -0.3 is 10.0 Å². The van der Waals surface area contributed by atoms with E-state index in [2.05, 4.69) is 10.2 Å². The normalized spacial score (nSPS) is 19.3. The molecule has 1 atom stereocenters. The summed E-state index contributed by atoms with van der Waals surface area (Å²) in [7, 11) is 0. The van der Waals surface area contributed by atoms with Gasteiger partial charge in [0, 0.05) is 23.9 Å². The molecule has 1 saturated heterocycles. The van der Waals surface area contributed by atoms with Crippen LogP contribution in [0.5, 0.6) is 0 Å². The van der Waals surface area contributed by atoms with Crippen molar-refractivity contribution in [2.45, 2.75) is 6.42 Å². The zero-order valence-corrected chi connectivity index (χ0v) is 9.78. The van der Waals surface area contributed by atoms with Gasteiger partial charge in [-0.2, -0.15) is 5.10 Å². The van der Waals surface area contributed by atoms with Gasteiger partial charge in [-0.3, -0.25) is 4.79 Å². The summed E-state index contributed by atoms with van der Waals surface area (Å²) in [5, 5.41) is 19.2. The summed E-state index contributed by atoms with van der Waals surface area (Å²) >= 11 is 0. The first-order chi connectivity index (χ1) is 8.75. The molecule has 1 aromatic carbocycles. The number of carboxylic acid groups (broad SMARTS) is 1. The Morgan fingerprint density at radius 3 is 3.00 bits per heavy atom. The Balaban J connectivity index is 1.98. The first-order valence-electron chi connectivity index (χ1n) is 5.94. The number of fused-ring (bicyclic) bond motifs is 1. The van der Waals surface area contributed by atoms with Crippen LogP contribution >= 0.6 is 0 Å². The van der Waals surface area contributed by atoms with E-state index in [0.29, 0.717) is 13.0 Å². The molecule has 3 rings (SSSR count). The number of carbonyl (C=O) groups is 1. The third kappa shape index (κ3) is 1.77. The number of hydrogen-bond acceptors (Lipinski definition) is 4. The molecule has 1 aromatic heterocycles. The Kier molecular flexibility index (Phi) is 2.59. The van der Waals surface area contributed by atoms with E-state index in [0.717, 1.165) is 23.1 Å². The first kappa shape index (κ1) is 11.0. The highest BCUT2D eigenvalue weighted by atomic mass is 16.4. The maximum atomic E-state index is 11.0. The molecule has 0 radical (unpaired) electrons. The van der Waals surface area contributed by atoms with Gasteiger partial charge >= 0.3 is 5.97 Å². The SMILES string of the molecule is O=C(O)C1CCN(c2nncc3ccccc23)C1. The lowest BCUT2D eigenvalue weighted by Gasteiger charge is -2.17. The van der Waals surface area contributed by atoms with Gasteiger partial charge in [-0.05, 0) is 6.42 Å². The second-order valence-corrected chi connectivity index (χ2v) is 4.53. The molecule has 0 aliphatic carbocycles. The van der Waals surface area contributed by atoms with Crippen LogP contribution in [0.15, 0.2) is 30.5 Å². The van der Waals surface area contributed by atoms with Crippen molar-refractivity contribution in [1.82, 2.24) is 10.2 Å². The summed E-state index contributed by atoms with van der Waals surface area (Å²) in [6, 6.07) is 7.89. The summed E-state index contributed by atoms with van der Waals surface area (Å²) in [6.07, 6.45) is 2.39. The van der Waals surface area contributed by atoms with Crippen molar-refractivity contribution >= 4 is 22.6 Å². The van der Waals surface area contributed by atoms with Crippen molar-refractivity contribution in [3.05, 3.63) is 30.5 Å². The van der Waals surface area contributed by atoms with Crippen molar-refractivity contribution < 1.29 is 9.90 Å². The minimum absolute atomic E-state index is 0.300. The van der Waals surface area contributed by atoms with Crippen LogP contribution in [0.3, 0.4) is 0 Å². The molecule has 2 heterocycles. The van der Waals surface area contributed by atoms with Gasteiger partial charge in [0.2, 0.25) is 0 Å². The Morgan fingerprint density at radius 2 is 2.22 bits per heavy atom. The molecule has 0 amide bonds. The largest absolute Gasteiger partial charge is 0.481 e. The van der Waals surface area contributed by atoms with Crippen molar-refractivity contribution in [3.63, 3.8) is 0 Å². The fraction of sp³-hybridized carbons (Fsp3) is 0.308.